The molecule has 180 valence electrons. The van der Waals surface area contributed by atoms with Gasteiger partial charge >= 0.3 is 0 Å². The normalized spacial score (nSPS) is 18.1. The Morgan fingerprint density at radius 1 is 0.912 bits per heavy atom. The predicted octanol–water partition coefficient (Wildman–Crippen LogP) is 5.72. The number of benzene rings is 2. The topological polar surface area (TPSA) is 54.6 Å². The van der Waals surface area contributed by atoms with Gasteiger partial charge in [0, 0.05) is 48.7 Å². The van der Waals surface area contributed by atoms with Crippen LogP contribution in [0.25, 0.3) is 0 Å². The number of Topliss-reactive ketones (excluding diaryl/α,β-unsaturated/α-hetero) is 1. The summed E-state index contributed by atoms with van der Waals surface area (Å²) >= 11 is 0. The predicted molar refractivity (Wildman–Crippen MR) is 137 cm³/mol. The summed E-state index contributed by atoms with van der Waals surface area (Å²) in [6.45, 7) is 6.82. The second-order valence-electron chi connectivity index (χ2n) is 9.75. The van der Waals surface area contributed by atoms with Crippen molar-refractivity contribution in [3.63, 3.8) is 0 Å². The van der Waals surface area contributed by atoms with Gasteiger partial charge in [0.25, 0.3) is 0 Å². The molecule has 0 bridgehead atoms. The summed E-state index contributed by atoms with van der Waals surface area (Å²) in [5.41, 5.74) is 5.28. The summed E-state index contributed by atoms with van der Waals surface area (Å²) in [6, 6.07) is 16.2. The van der Waals surface area contributed by atoms with Crippen LogP contribution >= 0.6 is 0 Å². The fourth-order valence-corrected chi connectivity index (χ4v) is 5.05. The van der Waals surface area contributed by atoms with Gasteiger partial charge in [-0.25, -0.2) is 0 Å². The van der Waals surface area contributed by atoms with Gasteiger partial charge in [0.15, 0.2) is 5.78 Å². The standard InChI is InChI=1S/C29H36N2O3/c1-20-11-21(2)19-31(18-20)26-9-6-24(7-10-26)29(32)15-23-12-25(30-17-23)8-5-22-13-27(33-3)16-28(14-22)34-4/h6-7,9-10,12-14,16-17,20-21,30H,5,8,11,15,18-19H2,1-4H3/t20-,21+. The fraction of sp³-hybridized carbons (Fsp3) is 0.414. The smallest absolute Gasteiger partial charge is 0.167 e. The number of aromatic amines is 1. The summed E-state index contributed by atoms with van der Waals surface area (Å²) in [4.78, 5) is 18.7. The van der Waals surface area contributed by atoms with E-state index in [-0.39, 0.29) is 5.78 Å². The highest BCUT2D eigenvalue weighted by atomic mass is 16.5. The number of ketones is 1. The van der Waals surface area contributed by atoms with Crippen molar-refractivity contribution in [1.29, 1.82) is 0 Å². The summed E-state index contributed by atoms with van der Waals surface area (Å²) in [5, 5.41) is 0. The second kappa shape index (κ2) is 10.8. The summed E-state index contributed by atoms with van der Waals surface area (Å²) in [5.74, 6) is 3.15. The first-order valence-corrected chi connectivity index (χ1v) is 12.2. The van der Waals surface area contributed by atoms with E-state index in [4.69, 9.17) is 9.47 Å². The van der Waals surface area contributed by atoms with E-state index in [9.17, 15) is 4.79 Å². The molecular formula is C29H36N2O3. The number of rotatable bonds is 9. The van der Waals surface area contributed by atoms with Crippen LogP contribution in [0.5, 0.6) is 11.5 Å². The zero-order valence-electron chi connectivity index (χ0n) is 20.8. The first-order valence-electron chi connectivity index (χ1n) is 12.2. The van der Waals surface area contributed by atoms with E-state index in [2.05, 4.69) is 41.9 Å². The lowest BCUT2D eigenvalue weighted by Crippen LogP contribution is -2.38. The van der Waals surface area contributed by atoms with E-state index in [0.717, 1.165) is 59.8 Å². The molecule has 1 fully saturated rings. The number of piperidine rings is 1. The maximum atomic E-state index is 12.9. The number of H-pyrrole nitrogens is 1. The van der Waals surface area contributed by atoms with Crippen LogP contribution in [-0.2, 0) is 19.3 Å². The highest BCUT2D eigenvalue weighted by Crippen LogP contribution is 2.27. The Labute approximate surface area is 203 Å². The number of carbonyl (C=O) groups excluding carboxylic acids is 1. The third-order valence-corrected chi connectivity index (χ3v) is 6.68. The molecule has 1 saturated heterocycles. The highest BCUT2D eigenvalue weighted by Gasteiger charge is 2.22. The van der Waals surface area contributed by atoms with Crippen LogP contribution in [0.15, 0.2) is 54.7 Å². The first-order chi connectivity index (χ1) is 16.4. The molecule has 0 saturated carbocycles. The first kappa shape index (κ1) is 23.9. The van der Waals surface area contributed by atoms with Crippen molar-refractivity contribution >= 4 is 11.5 Å². The molecule has 2 heterocycles. The number of aryl methyl sites for hydroxylation is 2. The number of hydrogen-bond donors (Lipinski definition) is 1. The summed E-state index contributed by atoms with van der Waals surface area (Å²) in [7, 11) is 3.32. The minimum absolute atomic E-state index is 0.148. The molecule has 4 rings (SSSR count). The van der Waals surface area contributed by atoms with Crippen LogP contribution < -0.4 is 14.4 Å². The van der Waals surface area contributed by atoms with Gasteiger partial charge in [-0.3, -0.25) is 4.79 Å². The Balaban J connectivity index is 1.33. The average molecular weight is 461 g/mol. The maximum Gasteiger partial charge on any atom is 0.167 e. The number of nitrogens with zero attached hydrogens (tertiary/aromatic N) is 1. The molecule has 5 heteroatoms. The van der Waals surface area contributed by atoms with Gasteiger partial charge in [0.2, 0.25) is 0 Å². The molecule has 2 aromatic carbocycles. The van der Waals surface area contributed by atoms with E-state index < -0.39 is 0 Å². The third kappa shape index (κ3) is 6.02. The van der Waals surface area contributed by atoms with Gasteiger partial charge in [0.1, 0.15) is 11.5 Å². The maximum absolute atomic E-state index is 12.9. The Morgan fingerprint density at radius 2 is 1.56 bits per heavy atom. The number of hydrogen-bond acceptors (Lipinski definition) is 4. The molecule has 0 amide bonds. The molecule has 0 radical (unpaired) electrons. The van der Waals surface area contributed by atoms with Crippen molar-refractivity contribution < 1.29 is 14.3 Å². The average Bonchev–Trinajstić information content (AvgIpc) is 3.29. The number of aromatic nitrogens is 1. The Kier molecular flexibility index (Phi) is 7.61. The van der Waals surface area contributed by atoms with Crippen LogP contribution in [0.2, 0.25) is 0 Å². The molecule has 2 atom stereocenters. The number of nitrogens with one attached hydrogen (secondary N) is 1. The van der Waals surface area contributed by atoms with Gasteiger partial charge in [-0.2, -0.15) is 0 Å². The summed E-state index contributed by atoms with van der Waals surface area (Å²) in [6.07, 6.45) is 5.35. The van der Waals surface area contributed by atoms with Crippen molar-refractivity contribution in [3.05, 3.63) is 77.1 Å². The number of carbonyl (C=O) groups is 1. The van der Waals surface area contributed by atoms with Crippen LogP contribution in [-0.4, -0.2) is 38.1 Å². The lowest BCUT2D eigenvalue weighted by atomic mass is 9.91. The van der Waals surface area contributed by atoms with E-state index in [1.165, 1.54) is 12.1 Å². The quantitative estimate of drug-likeness (QED) is 0.415. The largest absolute Gasteiger partial charge is 0.497 e. The Morgan fingerprint density at radius 3 is 2.18 bits per heavy atom. The molecule has 1 N–H and O–H groups in total. The van der Waals surface area contributed by atoms with Crippen LogP contribution in [0.3, 0.4) is 0 Å². The van der Waals surface area contributed by atoms with Crippen LogP contribution in [0.4, 0.5) is 5.69 Å². The van der Waals surface area contributed by atoms with Crippen LogP contribution in [0, 0.1) is 11.8 Å². The van der Waals surface area contributed by atoms with Crippen molar-refractivity contribution in [2.24, 2.45) is 11.8 Å². The molecule has 1 aliphatic heterocycles. The minimum atomic E-state index is 0.148. The van der Waals surface area contributed by atoms with Crippen molar-refractivity contribution in [2.75, 3.05) is 32.2 Å². The van der Waals surface area contributed by atoms with Crippen molar-refractivity contribution in [2.45, 2.75) is 39.5 Å². The third-order valence-electron chi connectivity index (χ3n) is 6.68. The molecule has 0 aliphatic carbocycles. The van der Waals surface area contributed by atoms with E-state index in [1.54, 1.807) is 14.2 Å². The van der Waals surface area contributed by atoms with E-state index in [1.807, 2.05) is 36.5 Å². The highest BCUT2D eigenvalue weighted by molar-refractivity contribution is 5.97. The summed E-state index contributed by atoms with van der Waals surface area (Å²) < 4.78 is 10.7. The minimum Gasteiger partial charge on any atom is -0.497 e. The number of ether oxygens (including phenoxy) is 2. The molecule has 1 aromatic heterocycles. The number of methoxy groups -OCH3 is 2. The van der Waals surface area contributed by atoms with Crippen molar-refractivity contribution in [1.82, 2.24) is 4.98 Å². The molecule has 1 aliphatic rings. The Bertz CT molecular complexity index is 1070. The van der Waals surface area contributed by atoms with Gasteiger partial charge in [-0.15, -0.1) is 0 Å². The monoisotopic (exact) mass is 460 g/mol. The van der Waals surface area contributed by atoms with Gasteiger partial charge in [-0.05, 0) is 84.7 Å². The Hall–Kier alpha value is -3.21. The second-order valence-corrected chi connectivity index (χ2v) is 9.75. The van der Waals surface area contributed by atoms with Crippen molar-refractivity contribution in [3.8, 4) is 11.5 Å². The van der Waals surface area contributed by atoms with Gasteiger partial charge in [0.05, 0.1) is 14.2 Å². The molecule has 0 unspecified atom stereocenters. The fourth-order valence-electron chi connectivity index (χ4n) is 5.05. The SMILES string of the molecule is COc1cc(CCc2cc(CC(=O)c3ccc(N4C[C@H](C)C[C@H](C)C4)cc3)c[nH]2)cc(OC)c1. The molecular weight excluding hydrogens is 424 g/mol. The van der Waals surface area contributed by atoms with E-state index in [0.29, 0.717) is 18.3 Å². The van der Waals surface area contributed by atoms with Crippen LogP contribution in [0.1, 0.15) is 47.4 Å². The van der Waals surface area contributed by atoms with E-state index >= 15 is 0 Å². The molecule has 3 aromatic rings. The zero-order valence-corrected chi connectivity index (χ0v) is 20.8. The van der Waals surface area contributed by atoms with Gasteiger partial charge in [-0.1, -0.05) is 13.8 Å². The molecule has 5 nitrogen and oxygen atoms in total. The molecule has 0 spiro atoms. The lowest BCUT2D eigenvalue weighted by Gasteiger charge is -2.36. The number of anilines is 1. The molecule has 34 heavy (non-hydrogen) atoms. The van der Waals surface area contributed by atoms with Gasteiger partial charge < -0.3 is 19.4 Å². The lowest BCUT2D eigenvalue weighted by molar-refractivity contribution is 0.0993. The zero-order chi connectivity index (χ0) is 24.1.